The molecule has 0 atom stereocenters. The number of ketones is 1. The van der Waals surface area contributed by atoms with E-state index >= 15 is 0 Å². The molecule has 0 saturated heterocycles. The number of carbonyl (C=O) groups is 2. The highest BCUT2D eigenvalue weighted by Gasteiger charge is 2.14. The summed E-state index contributed by atoms with van der Waals surface area (Å²) in [6.07, 6.45) is 0.436. The van der Waals surface area contributed by atoms with Crippen LogP contribution in [-0.2, 0) is 9.59 Å². The van der Waals surface area contributed by atoms with E-state index < -0.39 is 0 Å². The number of amides is 1. The summed E-state index contributed by atoms with van der Waals surface area (Å²) in [5.74, 6) is 0.489. The van der Waals surface area contributed by atoms with Crippen LogP contribution in [0.15, 0.2) is 18.2 Å². The van der Waals surface area contributed by atoms with Crippen LogP contribution in [0.1, 0.15) is 19.8 Å². The number of nitrogens with zero attached hydrogens (tertiary/aromatic N) is 1. The summed E-state index contributed by atoms with van der Waals surface area (Å²) in [7, 11) is 3.18. The fourth-order valence-electron chi connectivity index (χ4n) is 1.47. The van der Waals surface area contributed by atoms with E-state index in [4.69, 9.17) is 16.3 Å². The van der Waals surface area contributed by atoms with Crippen molar-refractivity contribution in [3.8, 4) is 5.75 Å². The van der Waals surface area contributed by atoms with E-state index in [-0.39, 0.29) is 24.5 Å². The highest BCUT2D eigenvalue weighted by atomic mass is 35.5. The van der Waals surface area contributed by atoms with E-state index in [1.54, 1.807) is 32.4 Å². The highest BCUT2D eigenvalue weighted by Crippen LogP contribution is 2.29. The molecule has 0 aliphatic heterocycles. The Hall–Kier alpha value is -1.55. The molecule has 18 heavy (non-hydrogen) atoms. The lowest BCUT2D eigenvalue weighted by molar-refractivity contribution is -0.122. The quantitative estimate of drug-likeness (QED) is 0.826. The van der Waals surface area contributed by atoms with Gasteiger partial charge in [0.2, 0.25) is 5.91 Å². The van der Waals surface area contributed by atoms with Gasteiger partial charge in [-0.25, -0.2) is 0 Å². The maximum atomic E-state index is 11.8. The summed E-state index contributed by atoms with van der Waals surface area (Å²) in [4.78, 5) is 24.1. The Kier molecular flexibility index (Phi) is 5.16. The second-order valence-corrected chi connectivity index (χ2v) is 4.38. The summed E-state index contributed by atoms with van der Waals surface area (Å²) in [6, 6.07) is 5.09. The van der Waals surface area contributed by atoms with Crippen molar-refractivity contribution in [3.63, 3.8) is 0 Å². The van der Waals surface area contributed by atoms with Gasteiger partial charge in [0.05, 0.1) is 17.8 Å². The topological polar surface area (TPSA) is 46.6 Å². The Bertz CT molecular complexity index is 460. The number of benzene rings is 1. The summed E-state index contributed by atoms with van der Waals surface area (Å²) < 4.78 is 5.04. The van der Waals surface area contributed by atoms with E-state index in [1.807, 2.05) is 0 Å². The highest BCUT2D eigenvalue weighted by molar-refractivity contribution is 6.34. The van der Waals surface area contributed by atoms with Crippen molar-refractivity contribution in [2.75, 3.05) is 19.1 Å². The SMILES string of the molecule is COc1ccc(N(C)C(=O)CCC(C)=O)c(Cl)c1. The van der Waals surface area contributed by atoms with E-state index in [0.717, 1.165) is 0 Å². The molecule has 0 unspecified atom stereocenters. The summed E-state index contributed by atoms with van der Waals surface area (Å²) in [5, 5.41) is 0.438. The molecular formula is C13H16ClNO3. The molecule has 0 saturated carbocycles. The van der Waals surface area contributed by atoms with Crippen LogP contribution in [0, 0.1) is 0 Å². The molecule has 0 N–H and O–H groups in total. The van der Waals surface area contributed by atoms with Crippen molar-refractivity contribution < 1.29 is 14.3 Å². The van der Waals surface area contributed by atoms with Gasteiger partial charge in [-0.1, -0.05) is 11.6 Å². The zero-order valence-electron chi connectivity index (χ0n) is 10.7. The summed E-state index contributed by atoms with van der Waals surface area (Å²) in [6.45, 7) is 1.47. The standard InChI is InChI=1S/C13H16ClNO3/c1-9(16)4-7-13(17)15(2)12-6-5-10(18-3)8-11(12)14/h5-6,8H,4,7H2,1-3H3. The summed E-state index contributed by atoms with van der Waals surface area (Å²) >= 11 is 6.07. The van der Waals surface area contributed by atoms with E-state index in [9.17, 15) is 9.59 Å². The first-order valence-electron chi connectivity index (χ1n) is 5.55. The number of anilines is 1. The fourth-order valence-corrected chi connectivity index (χ4v) is 1.77. The monoisotopic (exact) mass is 269 g/mol. The second-order valence-electron chi connectivity index (χ2n) is 3.97. The minimum Gasteiger partial charge on any atom is -0.497 e. The first-order chi connectivity index (χ1) is 8.45. The number of ether oxygens (including phenoxy) is 1. The van der Waals surface area contributed by atoms with Gasteiger partial charge in [0.1, 0.15) is 11.5 Å². The molecule has 1 rings (SSSR count). The van der Waals surface area contributed by atoms with Gasteiger partial charge in [0.25, 0.3) is 0 Å². The molecular weight excluding hydrogens is 254 g/mol. The number of Topliss-reactive ketones (excluding diaryl/α,β-unsaturated/α-hetero) is 1. The van der Waals surface area contributed by atoms with Crippen LogP contribution >= 0.6 is 11.6 Å². The second kappa shape index (κ2) is 6.40. The third-order valence-electron chi connectivity index (χ3n) is 2.58. The van der Waals surface area contributed by atoms with Gasteiger partial charge in [-0.2, -0.15) is 0 Å². The number of hydrogen-bond donors (Lipinski definition) is 0. The molecule has 0 spiro atoms. The van der Waals surface area contributed by atoms with Gasteiger partial charge in [-0.15, -0.1) is 0 Å². The van der Waals surface area contributed by atoms with Crippen LogP contribution in [0.4, 0.5) is 5.69 Å². The lowest BCUT2D eigenvalue weighted by Crippen LogP contribution is -2.26. The van der Waals surface area contributed by atoms with Gasteiger partial charge in [-0.3, -0.25) is 4.79 Å². The molecule has 0 radical (unpaired) electrons. The van der Waals surface area contributed by atoms with Gasteiger partial charge in [0, 0.05) is 26.0 Å². The van der Waals surface area contributed by atoms with Gasteiger partial charge in [0.15, 0.2) is 0 Å². The first kappa shape index (κ1) is 14.5. The Labute approximate surface area is 111 Å². The lowest BCUT2D eigenvalue weighted by atomic mass is 10.2. The minimum atomic E-state index is -0.141. The van der Waals surface area contributed by atoms with Crippen molar-refractivity contribution in [3.05, 3.63) is 23.2 Å². The molecule has 0 aromatic heterocycles. The normalized spacial score (nSPS) is 10.0. The number of halogens is 1. The molecule has 1 aromatic rings. The van der Waals surface area contributed by atoms with Crippen molar-refractivity contribution in [2.45, 2.75) is 19.8 Å². The molecule has 5 heteroatoms. The molecule has 0 heterocycles. The first-order valence-corrected chi connectivity index (χ1v) is 5.93. The lowest BCUT2D eigenvalue weighted by Gasteiger charge is -2.18. The largest absolute Gasteiger partial charge is 0.497 e. The molecule has 0 fully saturated rings. The van der Waals surface area contributed by atoms with E-state index in [0.29, 0.717) is 16.5 Å². The predicted octanol–water partition coefficient (Wildman–Crippen LogP) is 2.68. The average Bonchev–Trinajstić information content (AvgIpc) is 2.34. The molecule has 1 amide bonds. The van der Waals surface area contributed by atoms with Crippen molar-refractivity contribution >= 4 is 29.0 Å². The van der Waals surface area contributed by atoms with Crippen LogP contribution in [0.25, 0.3) is 0 Å². The third-order valence-corrected chi connectivity index (χ3v) is 2.88. The zero-order valence-corrected chi connectivity index (χ0v) is 11.5. The zero-order chi connectivity index (χ0) is 13.7. The summed E-state index contributed by atoms with van der Waals surface area (Å²) in [5.41, 5.74) is 0.603. The van der Waals surface area contributed by atoms with Crippen molar-refractivity contribution in [1.29, 1.82) is 0 Å². The molecule has 0 aliphatic carbocycles. The van der Waals surface area contributed by atoms with E-state index in [2.05, 4.69) is 0 Å². The molecule has 4 nitrogen and oxygen atoms in total. The minimum absolute atomic E-state index is 0.00224. The Morgan fingerprint density at radius 3 is 2.50 bits per heavy atom. The van der Waals surface area contributed by atoms with Crippen LogP contribution in [0.2, 0.25) is 5.02 Å². The van der Waals surface area contributed by atoms with Gasteiger partial charge < -0.3 is 14.4 Å². The number of hydrogen-bond acceptors (Lipinski definition) is 3. The maximum absolute atomic E-state index is 11.8. The Balaban J connectivity index is 2.80. The van der Waals surface area contributed by atoms with Crippen molar-refractivity contribution in [2.24, 2.45) is 0 Å². The molecule has 0 aliphatic rings. The van der Waals surface area contributed by atoms with Crippen molar-refractivity contribution in [1.82, 2.24) is 0 Å². The van der Waals surface area contributed by atoms with Crippen LogP contribution < -0.4 is 9.64 Å². The fraction of sp³-hybridized carbons (Fsp3) is 0.385. The van der Waals surface area contributed by atoms with Crippen LogP contribution in [-0.4, -0.2) is 25.8 Å². The smallest absolute Gasteiger partial charge is 0.227 e. The molecule has 1 aromatic carbocycles. The average molecular weight is 270 g/mol. The van der Waals surface area contributed by atoms with Crippen LogP contribution in [0.5, 0.6) is 5.75 Å². The van der Waals surface area contributed by atoms with Gasteiger partial charge in [-0.05, 0) is 19.1 Å². The maximum Gasteiger partial charge on any atom is 0.227 e. The van der Waals surface area contributed by atoms with Gasteiger partial charge >= 0.3 is 0 Å². The van der Waals surface area contributed by atoms with Crippen LogP contribution in [0.3, 0.4) is 0 Å². The van der Waals surface area contributed by atoms with E-state index in [1.165, 1.54) is 11.8 Å². The Morgan fingerprint density at radius 2 is 2.00 bits per heavy atom. The third kappa shape index (κ3) is 3.74. The molecule has 98 valence electrons. The Morgan fingerprint density at radius 1 is 1.33 bits per heavy atom. The molecule has 0 bridgehead atoms. The predicted molar refractivity (Wildman–Crippen MR) is 71.3 cm³/mol. The number of rotatable bonds is 5. The number of carbonyl (C=O) groups excluding carboxylic acids is 2. The number of methoxy groups -OCH3 is 1.